The van der Waals surface area contributed by atoms with Gasteiger partial charge in [0.2, 0.25) is 0 Å². The second kappa shape index (κ2) is 10.0. The zero-order valence-electron chi connectivity index (χ0n) is 7.84. The van der Waals surface area contributed by atoms with Crippen LogP contribution in [0.2, 0.25) is 0 Å². The van der Waals surface area contributed by atoms with Crippen molar-refractivity contribution in [3.63, 3.8) is 0 Å². The van der Waals surface area contributed by atoms with Crippen molar-refractivity contribution in [3.05, 3.63) is 12.2 Å². The molecule has 0 spiro atoms. The van der Waals surface area contributed by atoms with Gasteiger partial charge in [0, 0.05) is 10.8 Å². The predicted molar refractivity (Wildman–Crippen MR) is 63.4 cm³/mol. The molecule has 0 heterocycles. The van der Waals surface area contributed by atoms with Crippen LogP contribution in [0.3, 0.4) is 0 Å². The summed E-state index contributed by atoms with van der Waals surface area (Å²) in [6, 6.07) is 0. The summed E-state index contributed by atoms with van der Waals surface area (Å²) < 4.78 is 1.17. The first kappa shape index (κ1) is 12.9. The van der Waals surface area contributed by atoms with Gasteiger partial charge in [-0.15, -0.1) is 0 Å². The normalized spacial score (nSPS) is 10.8. The summed E-state index contributed by atoms with van der Waals surface area (Å²) >= 11 is 2.35. The number of aliphatic carboxylic acids is 1. The number of halogens is 1. The van der Waals surface area contributed by atoms with E-state index in [0.29, 0.717) is 6.42 Å². The average molecular weight is 296 g/mol. The van der Waals surface area contributed by atoms with Crippen molar-refractivity contribution >= 4 is 28.6 Å². The molecule has 0 aliphatic carbocycles. The van der Waals surface area contributed by atoms with Crippen LogP contribution in [-0.2, 0) is 4.79 Å². The smallest absolute Gasteiger partial charge is 0.303 e. The van der Waals surface area contributed by atoms with Crippen LogP contribution in [0.25, 0.3) is 0 Å². The van der Waals surface area contributed by atoms with E-state index in [1.54, 1.807) is 0 Å². The van der Waals surface area contributed by atoms with E-state index in [0.717, 1.165) is 32.1 Å². The minimum Gasteiger partial charge on any atom is -0.481 e. The topological polar surface area (TPSA) is 37.3 Å². The Morgan fingerprint density at radius 1 is 1.15 bits per heavy atom. The van der Waals surface area contributed by atoms with E-state index < -0.39 is 5.97 Å². The molecule has 13 heavy (non-hydrogen) atoms. The molecule has 0 radical (unpaired) electrons. The quantitative estimate of drug-likeness (QED) is 0.322. The lowest BCUT2D eigenvalue weighted by atomic mass is 10.1. The molecule has 0 unspecified atom stereocenters. The van der Waals surface area contributed by atoms with Gasteiger partial charge in [0.25, 0.3) is 0 Å². The summed E-state index contributed by atoms with van der Waals surface area (Å²) in [4.78, 5) is 10.2. The number of alkyl halides is 1. The highest BCUT2D eigenvalue weighted by molar-refractivity contribution is 14.1. The van der Waals surface area contributed by atoms with Crippen LogP contribution >= 0.6 is 22.6 Å². The number of unbranched alkanes of at least 4 members (excludes halogenated alkanes) is 3. The summed E-state index contributed by atoms with van der Waals surface area (Å²) in [5, 5.41) is 8.37. The number of allylic oxidation sites excluding steroid dienone is 2. The highest BCUT2D eigenvalue weighted by Crippen LogP contribution is 2.04. The van der Waals surface area contributed by atoms with E-state index >= 15 is 0 Å². The maximum absolute atomic E-state index is 10.2. The Labute approximate surface area is 93.6 Å². The highest BCUT2D eigenvalue weighted by Gasteiger charge is 1.94. The molecular formula is C10H17IO2. The van der Waals surface area contributed by atoms with Gasteiger partial charge < -0.3 is 5.11 Å². The summed E-state index contributed by atoms with van der Waals surface area (Å²) in [7, 11) is 0. The lowest BCUT2D eigenvalue weighted by molar-refractivity contribution is -0.137. The Morgan fingerprint density at radius 2 is 1.85 bits per heavy atom. The van der Waals surface area contributed by atoms with Gasteiger partial charge in [0.05, 0.1) is 0 Å². The van der Waals surface area contributed by atoms with Gasteiger partial charge in [-0.2, -0.15) is 0 Å². The minimum atomic E-state index is -0.680. The molecule has 0 aromatic heterocycles. The fraction of sp³-hybridized carbons (Fsp3) is 0.700. The van der Waals surface area contributed by atoms with Gasteiger partial charge in [0.15, 0.2) is 0 Å². The van der Waals surface area contributed by atoms with Crippen LogP contribution in [-0.4, -0.2) is 15.5 Å². The average Bonchev–Trinajstić information content (AvgIpc) is 2.09. The Morgan fingerprint density at radius 3 is 2.46 bits per heavy atom. The second-order valence-electron chi connectivity index (χ2n) is 2.94. The molecule has 0 aromatic carbocycles. The van der Waals surface area contributed by atoms with Gasteiger partial charge >= 0.3 is 5.97 Å². The molecule has 0 saturated carbocycles. The van der Waals surface area contributed by atoms with E-state index in [-0.39, 0.29) is 0 Å². The van der Waals surface area contributed by atoms with Crippen molar-refractivity contribution in [3.8, 4) is 0 Å². The Bertz CT molecular complexity index is 155. The lowest BCUT2D eigenvalue weighted by Crippen LogP contribution is -1.93. The Balaban J connectivity index is 3.03. The molecule has 0 aliphatic heterocycles. The molecule has 0 amide bonds. The molecule has 0 aromatic rings. The number of carboxylic acid groups (broad SMARTS) is 1. The summed E-state index contributed by atoms with van der Waals surface area (Å²) in [5.74, 6) is -0.680. The Hall–Kier alpha value is -0.0600. The van der Waals surface area contributed by atoms with Crippen molar-refractivity contribution in [1.82, 2.24) is 0 Å². The van der Waals surface area contributed by atoms with E-state index in [9.17, 15) is 4.79 Å². The van der Waals surface area contributed by atoms with Crippen molar-refractivity contribution in [2.45, 2.75) is 38.5 Å². The molecule has 0 saturated heterocycles. The maximum Gasteiger partial charge on any atom is 0.303 e. The first-order chi connectivity index (χ1) is 6.27. The number of carbonyl (C=O) groups is 1. The lowest BCUT2D eigenvalue weighted by Gasteiger charge is -1.94. The van der Waals surface area contributed by atoms with Crippen LogP contribution in [0, 0.1) is 0 Å². The first-order valence-electron chi connectivity index (χ1n) is 4.70. The number of carboxylic acids is 1. The Kier molecular flexibility index (Phi) is 9.98. The SMILES string of the molecule is O=C(O)CCCCC/C=C/CCI. The zero-order chi connectivity index (χ0) is 9.94. The van der Waals surface area contributed by atoms with Gasteiger partial charge in [-0.25, -0.2) is 0 Å². The zero-order valence-corrected chi connectivity index (χ0v) is 10.00. The van der Waals surface area contributed by atoms with E-state index in [4.69, 9.17) is 5.11 Å². The number of rotatable bonds is 8. The molecular weight excluding hydrogens is 279 g/mol. The van der Waals surface area contributed by atoms with E-state index in [1.165, 1.54) is 4.43 Å². The molecule has 2 nitrogen and oxygen atoms in total. The summed E-state index contributed by atoms with van der Waals surface area (Å²) in [6.07, 6.45) is 9.91. The summed E-state index contributed by atoms with van der Waals surface area (Å²) in [5.41, 5.74) is 0. The summed E-state index contributed by atoms with van der Waals surface area (Å²) in [6.45, 7) is 0. The monoisotopic (exact) mass is 296 g/mol. The maximum atomic E-state index is 10.2. The second-order valence-corrected chi connectivity index (χ2v) is 4.02. The number of hydrogen-bond donors (Lipinski definition) is 1. The minimum absolute atomic E-state index is 0.317. The van der Waals surface area contributed by atoms with Gasteiger partial charge in [-0.3, -0.25) is 4.79 Å². The van der Waals surface area contributed by atoms with E-state index in [1.807, 2.05) is 0 Å². The third kappa shape index (κ3) is 11.9. The molecule has 0 aliphatic rings. The van der Waals surface area contributed by atoms with E-state index in [2.05, 4.69) is 34.7 Å². The molecule has 0 atom stereocenters. The van der Waals surface area contributed by atoms with Gasteiger partial charge in [-0.05, 0) is 25.7 Å². The molecule has 0 rings (SSSR count). The van der Waals surface area contributed by atoms with Crippen LogP contribution in [0.15, 0.2) is 12.2 Å². The molecule has 76 valence electrons. The molecule has 0 bridgehead atoms. The fourth-order valence-corrected chi connectivity index (χ4v) is 1.37. The highest BCUT2D eigenvalue weighted by atomic mass is 127. The van der Waals surface area contributed by atoms with Crippen LogP contribution < -0.4 is 0 Å². The third-order valence-corrected chi connectivity index (χ3v) is 2.33. The molecule has 0 fully saturated rings. The van der Waals surface area contributed by atoms with Crippen LogP contribution in [0.4, 0.5) is 0 Å². The van der Waals surface area contributed by atoms with Gasteiger partial charge in [0.1, 0.15) is 0 Å². The molecule has 1 N–H and O–H groups in total. The largest absolute Gasteiger partial charge is 0.481 e. The number of hydrogen-bond acceptors (Lipinski definition) is 1. The van der Waals surface area contributed by atoms with Crippen LogP contribution in [0.1, 0.15) is 38.5 Å². The van der Waals surface area contributed by atoms with Gasteiger partial charge in [-0.1, -0.05) is 41.2 Å². The third-order valence-electron chi connectivity index (χ3n) is 1.70. The van der Waals surface area contributed by atoms with Crippen LogP contribution in [0.5, 0.6) is 0 Å². The first-order valence-corrected chi connectivity index (χ1v) is 6.22. The van der Waals surface area contributed by atoms with Crippen molar-refractivity contribution in [2.75, 3.05) is 4.43 Å². The fourth-order valence-electron chi connectivity index (χ4n) is 1.01. The predicted octanol–water partition coefficient (Wildman–Crippen LogP) is 3.40. The van der Waals surface area contributed by atoms with Crippen molar-refractivity contribution < 1.29 is 9.90 Å². The standard InChI is InChI=1S/C10H17IO2/c11-9-7-5-3-1-2-4-6-8-10(12)13/h3,5H,1-2,4,6-9H2,(H,12,13)/b5-3+. The van der Waals surface area contributed by atoms with Crippen molar-refractivity contribution in [1.29, 1.82) is 0 Å². The van der Waals surface area contributed by atoms with Crippen molar-refractivity contribution in [2.24, 2.45) is 0 Å². The molecule has 3 heteroatoms.